The fraction of sp³-hybridized carbons (Fsp3) is 0.481. The first-order valence-corrected chi connectivity index (χ1v) is 12.3. The maximum atomic E-state index is 13.5. The maximum Gasteiger partial charge on any atom is 0.416 e. The van der Waals surface area contributed by atoms with Crippen molar-refractivity contribution in [2.24, 2.45) is 0 Å². The van der Waals surface area contributed by atoms with Crippen LogP contribution in [0.15, 0.2) is 36.4 Å². The van der Waals surface area contributed by atoms with E-state index in [2.05, 4.69) is 0 Å². The van der Waals surface area contributed by atoms with Crippen LogP contribution >= 0.6 is 0 Å². The first-order valence-electron chi connectivity index (χ1n) is 12.3. The number of halogens is 6. The molecule has 0 bridgehead atoms. The van der Waals surface area contributed by atoms with E-state index >= 15 is 0 Å². The largest absolute Gasteiger partial charge is 0.446 e. The van der Waals surface area contributed by atoms with Crippen molar-refractivity contribution < 1.29 is 40.7 Å². The molecule has 1 aliphatic heterocycles. The molecule has 0 aliphatic carbocycles. The van der Waals surface area contributed by atoms with Crippen LogP contribution in [0.25, 0.3) is 0 Å². The second-order valence-corrected chi connectivity index (χ2v) is 9.91. The fourth-order valence-electron chi connectivity index (χ4n) is 4.70. The van der Waals surface area contributed by atoms with Crippen molar-refractivity contribution in [3.05, 3.63) is 58.7 Å². The Hall–Kier alpha value is -3.44. The molecular formula is C27H31F6N3O3. The van der Waals surface area contributed by atoms with Crippen molar-refractivity contribution in [2.75, 3.05) is 30.4 Å². The van der Waals surface area contributed by atoms with Gasteiger partial charge in [-0.2, -0.15) is 26.3 Å². The van der Waals surface area contributed by atoms with Crippen molar-refractivity contribution in [3.8, 4) is 0 Å². The van der Waals surface area contributed by atoms with Crippen molar-refractivity contribution in [2.45, 2.75) is 64.7 Å². The van der Waals surface area contributed by atoms with Gasteiger partial charge in [-0.25, -0.2) is 4.79 Å². The van der Waals surface area contributed by atoms with Crippen LogP contribution in [-0.2, 0) is 28.4 Å². The Balaban J connectivity index is 2.15. The summed E-state index contributed by atoms with van der Waals surface area (Å²) in [7, 11) is 3.54. The number of ether oxygens (including phenoxy) is 1. The van der Waals surface area contributed by atoms with E-state index in [-0.39, 0.29) is 18.2 Å². The monoisotopic (exact) mass is 559 g/mol. The molecule has 1 atom stereocenters. The molecule has 214 valence electrons. The molecular weight excluding hydrogens is 528 g/mol. The van der Waals surface area contributed by atoms with Gasteiger partial charge in [0.25, 0.3) is 0 Å². The number of anilines is 2. The van der Waals surface area contributed by atoms with Gasteiger partial charge in [0.05, 0.1) is 34.6 Å². The van der Waals surface area contributed by atoms with Gasteiger partial charge in [0, 0.05) is 39.7 Å². The van der Waals surface area contributed by atoms with Crippen LogP contribution in [0.4, 0.5) is 42.5 Å². The van der Waals surface area contributed by atoms with Gasteiger partial charge in [-0.3, -0.25) is 9.69 Å². The van der Waals surface area contributed by atoms with Crippen LogP contribution in [0, 0.1) is 0 Å². The van der Waals surface area contributed by atoms with Crippen molar-refractivity contribution in [1.29, 1.82) is 0 Å². The summed E-state index contributed by atoms with van der Waals surface area (Å²) in [5, 5.41) is 0. The Morgan fingerprint density at radius 1 is 1.03 bits per heavy atom. The smallest absolute Gasteiger partial charge is 0.416 e. The molecule has 6 nitrogen and oxygen atoms in total. The van der Waals surface area contributed by atoms with Gasteiger partial charge in [-0.15, -0.1) is 0 Å². The summed E-state index contributed by atoms with van der Waals surface area (Å²) in [6.45, 7) is 4.38. The number of para-hydroxylation sites is 1. The molecule has 0 saturated heterocycles. The van der Waals surface area contributed by atoms with Gasteiger partial charge in [-0.1, -0.05) is 12.1 Å². The van der Waals surface area contributed by atoms with Gasteiger partial charge >= 0.3 is 18.4 Å². The minimum Gasteiger partial charge on any atom is -0.446 e. The SMILES string of the molecule is CC(=O)N(Cc1cc(C(F)(F)F)cc(C(F)(F)F)c1)C1CCCN(C(=O)OC(C)C)c2c1cccc2N(C)C. The number of fused-ring (bicyclic) bond motifs is 1. The number of carbonyl (C=O) groups is 2. The molecule has 39 heavy (non-hydrogen) atoms. The summed E-state index contributed by atoms with van der Waals surface area (Å²) >= 11 is 0. The molecule has 2 amide bonds. The minimum atomic E-state index is -5.01. The van der Waals surface area contributed by atoms with E-state index in [1.54, 1.807) is 51.0 Å². The third-order valence-electron chi connectivity index (χ3n) is 6.35. The summed E-state index contributed by atoms with van der Waals surface area (Å²) in [6.07, 6.45) is -10.3. The molecule has 12 heteroatoms. The Bertz CT molecular complexity index is 1180. The Morgan fingerprint density at radius 3 is 2.10 bits per heavy atom. The van der Waals surface area contributed by atoms with Crippen LogP contribution < -0.4 is 9.80 Å². The summed E-state index contributed by atoms with van der Waals surface area (Å²) < 4.78 is 86.2. The van der Waals surface area contributed by atoms with E-state index in [1.165, 1.54) is 16.7 Å². The van der Waals surface area contributed by atoms with Crippen LogP contribution in [-0.4, -0.2) is 43.6 Å². The summed E-state index contributed by atoms with van der Waals surface area (Å²) in [6, 6.07) is 5.80. The lowest BCUT2D eigenvalue weighted by atomic mass is 9.97. The number of hydrogen-bond acceptors (Lipinski definition) is 4. The Morgan fingerprint density at radius 2 is 1.62 bits per heavy atom. The van der Waals surface area contributed by atoms with E-state index in [9.17, 15) is 35.9 Å². The Labute approximate surface area is 223 Å². The highest BCUT2D eigenvalue weighted by Gasteiger charge is 2.38. The van der Waals surface area contributed by atoms with Crippen LogP contribution in [0.5, 0.6) is 0 Å². The fourth-order valence-corrected chi connectivity index (χ4v) is 4.70. The molecule has 2 aromatic rings. The molecule has 2 aromatic carbocycles. The van der Waals surface area contributed by atoms with E-state index in [0.717, 1.165) is 0 Å². The van der Waals surface area contributed by atoms with E-state index in [1.807, 2.05) is 0 Å². The minimum absolute atomic E-state index is 0.0597. The number of hydrogen-bond donors (Lipinski definition) is 0. The number of alkyl halides is 6. The van der Waals surface area contributed by atoms with Crippen molar-refractivity contribution in [3.63, 3.8) is 0 Å². The van der Waals surface area contributed by atoms with Crippen LogP contribution in [0.1, 0.15) is 61.9 Å². The van der Waals surface area contributed by atoms with Crippen LogP contribution in [0.2, 0.25) is 0 Å². The molecule has 3 rings (SSSR count). The molecule has 0 radical (unpaired) electrons. The molecule has 1 aliphatic rings. The van der Waals surface area contributed by atoms with Gasteiger partial charge in [0.15, 0.2) is 0 Å². The molecule has 1 unspecified atom stereocenters. The summed E-state index contributed by atoms with van der Waals surface area (Å²) in [5.41, 5.74) is -1.55. The zero-order valence-corrected chi connectivity index (χ0v) is 22.3. The Kier molecular flexibility index (Phi) is 8.76. The van der Waals surface area contributed by atoms with Gasteiger partial charge < -0.3 is 14.5 Å². The van der Waals surface area contributed by atoms with Gasteiger partial charge in [0.1, 0.15) is 0 Å². The lowest BCUT2D eigenvalue weighted by Crippen LogP contribution is -2.36. The topological polar surface area (TPSA) is 53.1 Å². The number of nitrogens with zero attached hydrogens (tertiary/aromatic N) is 3. The predicted octanol–water partition coefficient (Wildman–Crippen LogP) is 7.03. The van der Waals surface area contributed by atoms with Crippen molar-refractivity contribution in [1.82, 2.24) is 4.90 Å². The highest BCUT2D eigenvalue weighted by molar-refractivity contribution is 5.94. The second kappa shape index (κ2) is 11.4. The zero-order chi connectivity index (χ0) is 29.3. The summed E-state index contributed by atoms with van der Waals surface area (Å²) in [4.78, 5) is 30.4. The highest BCUT2D eigenvalue weighted by Crippen LogP contribution is 2.43. The average Bonchev–Trinajstić information content (AvgIpc) is 3.00. The molecule has 0 N–H and O–H groups in total. The van der Waals surface area contributed by atoms with E-state index in [0.29, 0.717) is 41.9 Å². The first-order chi connectivity index (χ1) is 18.0. The van der Waals surface area contributed by atoms with E-state index < -0.39 is 54.2 Å². The third-order valence-corrected chi connectivity index (χ3v) is 6.35. The number of rotatable bonds is 5. The van der Waals surface area contributed by atoms with Crippen LogP contribution in [0.3, 0.4) is 0 Å². The standard InChI is InChI=1S/C27H31F6N3O3/c1-16(2)39-25(38)35-11-7-10-22(21-8-6-9-23(24(21)35)34(4)5)36(17(3)37)15-18-12-19(26(28,29)30)14-20(13-18)27(31,32)33/h6,8-9,12-14,16,22H,7,10-11,15H2,1-5H3. The maximum absolute atomic E-state index is 13.5. The van der Waals surface area contributed by atoms with Gasteiger partial charge in [0.2, 0.25) is 5.91 Å². The third kappa shape index (κ3) is 6.96. The quantitative estimate of drug-likeness (QED) is 0.370. The number of benzene rings is 2. The van der Waals surface area contributed by atoms with Gasteiger partial charge in [-0.05, 0) is 56.5 Å². The average molecular weight is 560 g/mol. The molecule has 0 saturated carbocycles. The lowest BCUT2D eigenvalue weighted by molar-refractivity contribution is -0.143. The van der Waals surface area contributed by atoms with E-state index in [4.69, 9.17) is 4.74 Å². The number of amides is 2. The normalized spacial score (nSPS) is 16.0. The molecule has 1 heterocycles. The first kappa shape index (κ1) is 30.1. The van der Waals surface area contributed by atoms with Crippen molar-refractivity contribution >= 4 is 23.4 Å². The zero-order valence-electron chi connectivity index (χ0n) is 22.3. The molecule has 0 aromatic heterocycles. The molecule has 0 spiro atoms. The summed E-state index contributed by atoms with van der Waals surface area (Å²) in [5.74, 6) is -0.537. The second-order valence-electron chi connectivity index (χ2n) is 9.91. The highest BCUT2D eigenvalue weighted by atomic mass is 19.4. The molecule has 0 fully saturated rings. The lowest BCUT2D eigenvalue weighted by Gasteiger charge is -2.34. The predicted molar refractivity (Wildman–Crippen MR) is 134 cm³/mol. The number of carbonyl (C=O) groups excluding carboxylic acids is 2.